The van der Waals surface area contributed by atoms with Crippen molar-refractivity contribution in [1.82, 2.24) is 15.5 Å². The topological polar surface area (TPSA) is 106 Å². The lowest BCUT2D eigenvalue weighted by Gasteiger charge is -2.42. The summed E-state index contributed by atoms with van der Waals surface area (Å²) in [4.78, 5) is 27.0. The van der Waals surface area contributed by atoms with Crippen LogP contribution < -0.4 is 10.6 Å². The Labute approximate surface area is 196 Å². The lowest BCUT2D eigenvalue weighted by atomic mass is 9.87. The maximum Gasteiger partial charge on any atom is 0.301 e. The molecule has 2 aliphatic rings. The highest BCUT2D eigenvalue weighted by Gasteiger charge is 2.54. The zero-order valence-corrected chi connectivity index (χ0v) is 19.1. The summed E-state index contributed by atoms with van der Waals surface area (Å²) in [5.74, 6) is -4.24. The van der Waals surface area contributed by atoms with E-state index in [-0.39, 0.29) is 41.5 Å². The van der Waals surface area contributed by atoms with Crippen LogP contribution in [0.1, 0.15) is 66.2 Å². The third-order valence-electron chi connectivity index (χ3n) is 6.96. The van der Waals surface area contributed by atoms with E-state index in [1.165, 1.54) is 29.2 Å². The average Bonchev–Trinajstić information content (AvgIpc) is 3.02. The van der Waals surface area contributed by atoms with Gasteiger partial charge in [-0.05, 0) is 36.1 Å². The van der Waals surface area contributed by atoms with Crippen LogP contribution in [-0.2, 0) is 17.3 Å². The number of carbonyl (C=O) groups excluding carboxylic acids is 2. The number of fused-ring (bicyclic) bond motifs is 1. The fourth-order valence-electron chi connectivity index (χ4n) is 4.70. The molecule has 1 aliphatic heterocycles. The van der Waals surface area contributed by atoms with Gasteiger partial charge in [0.25, 0.3) is 5.91 Å². The molecule has 180 valence electrons. The van der Waals surface area contributed by atoms with Crippen molar-refractivity contribution < 1.29 is 23.5 Å². The standard InChI is InChI=1S/C25H28F2N4O3/c1-3-24(4-2)13-19(32)31(23(28)30-24)14-15-8-7-9-16(12-15)22(34)29-20-17-10-5-6-11-18(17)25(26,27)21(20)33/h5-12,20-21,33H,3-4,13-14H2,1-2H3,(H2,28,30)(H,29,34). The first kappa shape index (κ1) is 23.8. The second-order valence-electron chi connectivity index (χ2n) is 8.92. The van der Waals surface area contributed by atoms with E-state index in [9.17, 15) is 23.5 Å². The molecule has 7 nitrogen and oxygen atoms in total. The monoisotopic (exact) mass is 470 g/mol. The van der Waals surface area contributed by atoms with Crippen molar-refractivity contribution in [2.45, 2.75) is 63.3 Å². The number of guanidine groups is 1. The Morgan fingerprint density at radius 2 is 1.91 bits per heavy atom. The van der Waals surface area contributed by atoms with Crippen molar-refractivity contribution in [3.05, 3.63) is 70.8 Å². The Morgan fingerprint density at radius 1 is 1.21 bits per heavy atom. The zero-order valence-electron chi connectivity index (χ0n) is 19.1. The van der Waals surface area contributed by atoms with Gasteiger partial charge in [-0.1, -0.05) is 50.2 Å². The van der Waals surface area contributed by atoms with Gasteiger partial charge in [-0.15, -0.1) is 0 Å². The van der Waals surface area contributed by atoms with Crippen molar-refractivity contribution in [2.24, 2.45) is 0 Å². The number of halogens is 2. The molecular weight excluding hydrogens is 442 g/mol. The molecule has 1 aliphatic carbocycles. The number of aliphatic hydroxyl groups excluding tert-OH is 1. The number of nitrogens with zero attached hydrogens (tertiary/aromatic N) is 1. The molecule has 1 heterocycles. The minimum Gasteiger partial charge on any atom is -0.384 e. The summed E-state index contributed by atoms with van der Waals surface area (Å²) in [6.07, 6.45) is -0.366. The van der Waals surface area contributed by atoms with E-state index >= 15 is 0 Å². The molecule has 0 saturated carbocycles. The third-order valence-corrected chi connectivity index (χ3v) is 6.96. The quantitative estimate of drug-likeness (QED) is 0.519. The van der Waals surface area contributed by atoms with Crippen LogP contribution in [0.3, 0.4) is 0 Å². The van der Waals surface area contributed by atoms with Gasteiger partial charge in [-0.2, -0.15) is 8.78 Å². The fraction of sp³-hybridized carbons (Fsp3) is 0.400. The molecule has 2 unspecified atom stereocenters. The molecule has 2 amide bonds. The second kappa shape index (κ2) is 8.79. The number of carbonyl (C=O) groups is 2. The first-order valence-corrected chi connectivity index (χ1v) is 11.3. The van der Waals surface area contributed by atoms with Crippen LogP contribution in [-0.4, -0.2) is 39.4 Å². The van der Waals surface area contributed by atoms with Gasteiger partial charge < -0.3 is 15.7 Å². The summed E-state index contributed by atoms with van der Waals surface area (Å²) in [5, 5.41) is 24.2. The van der Waals surface area contributed by atoms with Gasteiger partial charge >= 0.3 is 5.92 Å². The Morgan fingerprint density at radius 3 is 2.59 bits per heavy atom. The van der Waals surface area contributed by atoms with Gasteiger partial charge in [-0.3, -0.25) is 19.9 Å². The van der Waals surface area contributed by atoms with Crippen molar-refractivity contribution in [2.75, 3.05) is 0 Å². The number of alkyl halides is 2. The van der Waals surface area contributed by atoms with Crippen LogP contribution in [0.4, 0.5) is 8.78 Å². The molecule has 0 radical (unpaired) electrons. The van der Waals surface area contributed by atoms with Crippen molar-refractivity contribution in [3.63, 3.8) is 0 Å². The van der Waals surface area contributed by atoms with Crippen molar-refractivity contribution in [1.29, 1.82) is 5.41 Å². The normalized spacial score (nSPS) is 22.8. The van der Waals surface area contributed by atoms with E-state index in [0.29, 0.717) is 5.56 Å². The Bertz CT molecular complexity index is 1110. The predicted octanol–water partition coefficient (Wildman–Crippen LogP) is 3.44. The molecule has 1 fully saturated rings. The number of amides is 2. The summed E-state index contributed by atoms with van der Waals surface area (Å²) in [6.45, 7) is 4.05. The van der Waals surface area contributed by atoms with Gasteiger partial charge in [0.1, 0.15) is 6.10 Å². The first-order valence-electron chi connectivity index (χ1n) is 11.3. The molecule has 2 aromatic rings. The molecule has 0 bridgehead atoms. The SMILES string of the molecule is CCC1(CC)CC(=O)N(Cc2cccc(C(=O)NC3c4ccccc4C(F)(F)C3O)c2)C(=N)N1. The largest absolute Gasteiger partial charge is 0.384 e. The van der Waals surface area contributed by atoms with E-state index in [1.54, 1.807) is 24.3 Å². The van der Waals surface area contributed by atoms with E-state index in [1.807, 2.05) is 13.8 Å². The highest BCUT2D eigenvalue weighted by atomic mass is 19.3. The number of hydrogen-bond acceptors (Lipinski definition) is 4. The van der Waals surface area contributed by atoms with Crippen LogP contribution in [0.15, 0.2) is 48.5 Å². The molecule has 34 heavy (non-hydrogen) atoms. The number of nitrogens with one attached hydrogen (secondary N) is 3. The summed E-state index contributed by atoms with van der Waals surface area (Å²) in [5.41, 5.74) is 0.278. The van der Waals surface area contributed by atoms with E-state index in [4.69, 9.17) is 5.41 Å². The van der Waals surface area contributed by atoms with Gasteiger partial charge in [0.15, 0.2) is 5.96 Å². The number of rotatable bonds is 6. The van der Waals surface area contributed by atoms with Crippen LogP contribution in [0, 0.1) is 5.41 Å². The van der Waals surface area contributed by atoms with E-state index < -0.39 is 29.5 Å². The molecule has 2 aromatic carbocycles. The molecular formula is C25H28F2N4O3. The first-order chi connectivity index (χ1) is 16.1. The molecule has 2 atom stereocenters. The number of aliphatic hydroxyl groups is 1. The van der Waals surface area contributed by atoms with Crippen LogP contribution in [0.25, 0.3) is 0 Å². The molecule has 4 N–H and O–H groups in total. The molecule has 9 heteroatoms. The smallest absolute Gasteiger partial charge is 0.301 e. The zero-order chi connectivity index (χ0) is 24.7. The minimum absolute atomic E-state index is 0.0164. The lowest BCUT2D eigenvalue weighted by molar-refractivity contribution is -0.131. The number of benzene rings is 2. The highest BCUT2D eigenvalue weighted by Crippen LogP contribution is 2.47. The van der Waals surface area contributed by atoms with Crippen LogP contribution in [0.2, 0.25) is 0 Å². The average molecular weight is 471 g/mol. The number of hydrogen-bond donors (Lipinski definition) is 4. The summed E-state index contributed by atoms with van der Waals surface area (Å²) >= 11 is 0. The molecule has 1 saturated heterocycles. The van der Waals surface area contributed by atoms with Gasteiger partial charge in [0.2, 0.25) is 5.91 Å². The molecule has 0 aromatic heterocycles. The highest BCUT2D eigenvalue weighted by molar-refractivity contribution is 5.99. The van der Waals surface area contributed by atoms with E-state index in [2.05, 4.69) is 10.6 Å². The van der Waals surface area contributed by atoms with Gasteiger partial charge in [-0.25, -0.2) is 0 Å². The molecule has 0 spiro atoms. The summed E-state index contributed by atoms with van der Waals surface area (Å²) in [7, 11) is 0. The Balaban J connectivity index is 1.50. The van der Waals surface area contributed by atoms with Crippen molar-refractivity contribution in [3.8, 4) is 0 Å². The Hall–Kier alpha value is -3.33. The third kappa shape index (κ3) is 4.04. The minimum atomic E-state index is -3.47. The van der Waals surface area contributed by atoms with Crippen LogP contribution in [0.5, 0.6) is 0 Å². The van der Waals surface area contributed by atoms with Gasteiger partial charge in [0.05, 0.1) is 19.0 Å². The predicted molar refractivity (Wildman–Crippen MR) is 122 cm³/mol. The van der Waals surface area contributed by atoms with Gasteiger partial charge in [0, 0.05) is 16.7 Å². The fourth-order valence-corrected chi connectivity index (χ4v) is 4.70. The maximum atomic E-state index is 14.5. The van der Waals surface area contributed by atoms with Crippen molar-refractivity contribution >= 4 is 17.8 Å². The Kier molecular flexibility index (Phi) is 6.16. The van der Waals surface area contributed by atoms with E-state index in [0.717, 1.165) is 12.8 Å². The van der Waals surface area contributed by atoms with Crippen LogP contribution >= 0.6 is 0 Å². The second-order valence-corrected chi connectivity index (χ2v) is 8.92. The summed E-state index contributed by atoms with van der Waals surface area (Å²) in [6, 6.07) is 11.0. The summed E-state index contributed by atoms with van der Waals surface area (Å²) < 4.78 is 28.9. The maximum absolute atomic E-state index is 14.5. The lowest BCUT2D eigenvalue weighted by Crippen LogP contribution is -2.61. The molecule has 4 rings (SSSR count).